The highest BCUT2D eigenvalue weighted by molar-refractivity contribution is 8.01. The first-order valence-corrected chi connectivity index (χ1v) is 10.4. The number of benzene rings is 1. The predicted molar refractivity (Wildman–Crippen MR) is 104 cm³/mol. The van der Waals surface area contributed by atoms with Crippen molar-refractivity contribution in [3.05, 3.63) is 59.9 Å². The number of rotatable bonds is 4. The van der Waals surface area contributed by atoms with E-state index in [0.717, 1.165) is 42.1 Å². The van der Waals surface area contributed by atoms with Crippen LogP contribution in [-0.4, -0.2) is 51.6 Å². The van der Waals surface area contributed by atoms with E-state index in [1.165, 1.54) is 0 Å². The van der Waals surface area contributed by atoms with Crippen LogP contribution in [0.2, 0.25) is 0 Å². The summed E-state index contributed by atoms with van der Waals surface area (Å²) in [7, 11) is 0. The predicted octanol–water partition coefficient (Wildman–Crippen LogP) is 2.69. The van der Waals surface area contributed by atoms with Crippen LogP contribution in [0.5, 0.6) is 5.75 Å². The highest BCUT2D eigenvalue weighted by Crippen LogP contribution is 2.46. The van der Waals surface area contributed by atoms with Gasteiger partial charge < -0.3 is 14.4 Å². The highest BCUT2D eigenvalue weighted by Gasteiger charge is 2.52. The average molecular weight is 382 g/mol. The number of carbonyl (C=O) groups is 1. The Morgan fingerprint density at radius 1 is 1.26 bits per heavy atom. The van der Waals surface area contributed by atoms with Crippen LogP contribution in [0.4, 0.5) is 0 Å². The molecule has 1 amide bonds. The second-order valence-corrected chi connectivity index (χ2v) is 9.09. The van der Waals surface area contributed by atoms with E-state index >= 15 is 0 Å². The molecule has 0 aliphatic carbocycles. The van der Waals surface area contributed by atoms with Gasteiger partial charge in [-0.25, -0.2) is 0 Å². The van der Waals surface area contributed by atoms with E-state index in [1.807, 2.05) is 53.1 Å². The number of carbonyl (C=O) groups excluding carboxylic acids is 1. The van der Waals surface area contributed by atoms with Crippen LogP contribution in [0.1, 0.15) is 17.5 Å². The lowest BCUT2D eigenvalue weighted by atomic mass is 9.92. The van der Waals surface area contributed by atoms with Gasteiger partial charge in [0.15, 0.2) is 6.10 Å². The van der Waals surface area contributed by atoms with Crippen LogP contribution in [0.3, 0.4) is 0 Å². The van der Waals surface area contributed by atoms with Gasteiger partial charge in [0.2, 0.25) is 0 Å². The quantitative estimate of drug-likeness (QED) is 0.814. The van der Waals surface area contributed by atoms with E-state index in [0.29, 0.717) is 13.0 Å². The molecule has 2 fully saturated rings. The molecule has 27 heavy (non-hydrogen) atoms. The highest BCUT2D eigenvalue weighted by atomic mass is 32.2. The number of amides is 1. The number of aromatic nitrogens is 1. The van der Waals surface area contributed by atoms with E-state index in [1.54, 1.807) is 12.4 Å². The van der Waals surface area contributed by atoms with Crippen LogP contribution in [0, 0.1) is 0 Å². The molecule has 6 heteroatoms. The summed E-state index contributed by atoms with van der Waals surface area (Å²) in [6.45, 7) is 2.24. The molecule has 5 rings (SSSR count). The molecule has 0 bridgehead atoms. The number of thioether (sulfide) groups is 1. The van der Waals surface area contributed by atoms with E-state index in [4.69, 9.17) is 9.47 Å². The van der Waals surface area contributed by atoms with Crippen molar-refractivity contribution in [2.24, 2.45) is 0 Å². The number of para-hydroxylation sites is 1. The third kappa shape index (κ3) is 3.32. The van der Waals surface area contributed by atoms with Crippen molar-refractivity contribution < 1.29 is 14.3 Å². The number of ether oxygens (including phenoxy) is 2. The van der Waals surface area contributed by atoms with Crippen molar-refractivity contribution in [2.45, 2.75) is 36.4 Å². The zero-order chi connectivity index (χ0) is 18.3. The van der Waals surface area contributed by atoms with Gasteiger partial charge in [0.05, 0.1) is 17.5 Å². The van der Waals surface area contributed by atoms with Crippen molar-refractivity contribution in [3.8, 4) is 5.75 Å². The van der Waals surface area contributed by atoms with Gasteiger partial charge in [0, 0.05) is 37.7 Å². The van der Waals surface area contributed by atoms with Gasteiger partial charge in [-0.1, -0.05) is 18.2 Å². The van der Waals surface area contributed by atoms with Gasteiger partial charge in [-0.3, -0.25) is 9.78 Å². The summed E-state index contributed by atoms with van der Waals surface area (Å²) >= 11 is 1.95. The Bertz CT molecular complexity index is 813. The van der Waals surface area contributed by atoms with E-state index in [-0.39, 0.29) is 22.9 Å². The number of fused-ring (bicyclic) bond motifs is 1. The molecule has 2 atom stereocenters. The van der Waals surface area contributed by atoms with Gasteiger partial charge in [0.1, 0.15) is 5.75 Å². The van der Waals surface area contributed by atoms with E-state index in [2.05, 4.69) is 4.98 Å². The molecule has 3 aliphatic heterocycles. The minimum absolute atomic E-state index is 0.124. The maximum atomic E-state index is 12.8. The van der Waals surface area contributed by atoms with Crippen molar-refractivity contribution in [1.82, 2.24) is 9.88 Å². The van der Waals surface area contributed by atoms with Crippen molar-refractivity contribution >= 4 is 17.7 Å². The lowest BCUT2D eigenvalue weighted by molar-refractivity contribution is -0.143. The number of nitrogens with zero attached hydrogens (tertiary/aromatic N) is 2. The van der Waals surface area contributed by atoms with Crippen molar-refractivity contribution in [3.63, 3.8) is 0 Å². The first-order valence-electron chi connectivity index (χ1n) is 9.39. The molecule has 2 saturated heterocycles. The molecule has 1 aromatic heterocycles. The maximum absolute atomic E-state index is 12.8. The average Bonchev–Trinajstić information content (AvgIpc) is 3.30. The van der Waals surface area contributed by atoms with Crippen LogP contribution in [-0.2, 0) is 22.6 Å². The van der Waals surface area contributed by atoms with Crippen molar-refractivity contribution in [1.29, 1.82) is 0 Å². The molecule has 0 unspecified atom stereocenters. The molecule has 3 aliphatic rings. The summed E-state index contributed by atoms with van der Waals surface area (Å²) in [5, 5.41) is 0. The molecule has 4 heterocycles. The lowest BCUT2D eigenvalue weighted by Crippen LogP contribution is -2.63. The number of hydrogen-bond donors (Lipinski definition) is 0. The minimum Gasteiger partial charge on any atom is -0.480 e. The fraction of sp³-hybridized carbons (Fsp3) is 0.429. The Hall–Kier alpha value is -2.05. The number of hydrogen-bond acceptors (Lipinski definition) is 5. The van der Waals surface area contributed by atoms with Crippen LogP contribution < -0.4 is 4.74 Å². The Morgan fingerprint density at radius 2 is 2.07 bits per heavy atom. The van der Waals surface area contributed by atoms with Gasteiger partial charge in [-0.15, -0.1) is 11.8 Å². The van der Waals surface area contributed by atoms with Gasteiger partial charge >= 0.3 is 0 Å². The molecule has 0 radical (unpaired) electrons. The second kappa shape index (κ2) is 6.84. The summed E-state index contributed by atoms with van der Waals surface area (Å²) < 4.78 is 12.1. The molecule has 140 valence electrons. The standard InChI is InChI=1S/C21H22N2O3S/c24-20(19-9-16-3-1-2-4-18(16)26-19)23-13-21(14-23)10-17(12-27-21)25-11-15-5-7-22-8-6-15/h1-8,17,19H,9-14H2/t17-,19-/m1/s1. The molecule has 1 aromatic carbocycles. The summed E-state index contributed by atoms with van der Waals surface area (Å²) in [4.78, 5) is 18.8. The SMILES string of the molecule is O=C([C@H]1Cc2ccccc2O1)N1CC2(C[C@@H](OCc3ccncc3)CS2)C1. The molecular weight excluding hydrogens is 360 g/mol. The number of likely N-dealkylation sites (tertiary alicyclic amines) is 1. The first kappa shape index (κ1) is 17.1. The topological polar surface area (TPSA) is 51.7 Å². The normalized spacial score (nSPS) is 25.1. The Balaban J connectivity index is 1.12. The molecule has 0 saturated carbocycles. The summed E-state index contributed by atoms with van der Waals surface area (Å²) in [6.07, 6.45) is 5.18. The lowest BCUT2D eigenvalue weighted by Gasteiger charge is -2.48. The first-order chi connectivity index (χ1) is 13.2. The zero-order valence-electron chi connectivity index (χ0n) is 15.0. The molecule has 1 spiro atoms. The summed E-state index contributed by atoms with van der Waals surface area (Å²) in [6, 6.07) is 11.9. The Morgan fingerprint density at radius 3 is 2.89 bits per heavy atom. The van der Waals surface area contributed by atoms with Crippen LogP contribution >= 0.6 is 11.8 Å². The third-order valence-electron chi connectivity index (χ3n) is 5.60. The minimum atomic E-state index is -0.357. The maximum Gasteiger partial charge on any atom is 0.264 e. The largest absolute Gasteiger partial charge is 0.480 e. The Labute approximate surface area is 163 Å². The molecular formula is C21H22N2O3S. The van der Waals surface area contributed by atoms with E-state index in [9.17, 15) is 4.79 Å². The molecule has 2 aromatic rings. The van der Waals surface area contributed by atoms with Crippen LogP contribution in [0.15, 0.2) is 48.8 Å². The number of pyridine rings is 1. The second-order valence-electron chi connectivity index (χ2n) is 7.60. The smallest absolute Gasteiger partial charge is 0.264 e. The molecule has 5 nitrogen and oxygen atoms in total. The Kier molecular flexibility index (Phi) is 4.32. The third-order valence-corrected chi connectivity index (χ3v) is 7.18. The van der Waals surface area contributed by atoms with Crippen LogP contribution in [0.25, 0.3) is 0 Å². The van der Waals surface area contributed by atoms with E-state index < -0.39 is 0 Å². The fourth-order valence-corrected chi connectivity index (χ4v) is 5.70. The summed E-state index contributed by atoms with van der Waals surface area (Å²) in [5.74, 6) is 1.97. The summed E-state index contributed by atoms with van der Waals surface area (Å²) in [5.41, 5.74) is 2.28. The fourth-order valence-electron chi connectivity index (χ4n) is 4.15. The van der Waals surface area contributed by atoms with Gasteiger partial charge in [0.25, 0.3) is 5.91 Å². The van der Waals surface area contributed by atoms with Gasteiger partial charge in [-0.2, -0.15) is 0 Å². The zero-order valence-corrected chi connectivity index (χ0v) is 15.9. The monoisotopic (exact) mass is 382 g/mol. The molecule has 0 N–H and O–H groups in total. The van der Waals surface area contributed by atoms with Crippen molar-refractivity contribution in [2.75, 3.05) is 18.8 Å². The van der Waals surface area contributed by atoms with Gasteiger partial charge in [-0.05, 0) is 35.7 Å².